The van der Waals surface area contributed by atoms with Gasteiger partial charge in [-0.1, -0.05) is 11.6 Å². The second-order valence-corrected chi connectivity index (χ2v) is 6.41. The topological polar surface area (TPSA) is 123 Å². The number of carbonyl (C=O) groups is 2. The molecule has 14 heteroatoms. The van der Waals surface area contributed by atoms with Crippen molar-refractivity contribution in [3.05, 3.63) is 57.1 Å². The highest BCUT2D eigenvalue weighted by molar-refractivity contribution is 6.32. The first-order valence-electron chi connectivity index (χ1n) is 8.72. The molecular formula is C19H15ClF3NO9. The maximum absolute atomic E-state index is 12.8. The van der Waals surface area contributed by atoms with E-state index in [0.717, 1.165) is 44.6 Å². The largest absolute Gasteiger partial charge is 0.466 e. The molecule has 0 aliphatic carbocycles. The highest BCUT2D eigenvalue weighted by Crippen LogP contribution is 2.38. The fourth-order valence-electron chi connectivity index (χ4n) is 2.25. The number of esters is 2. The first kappa shape index (κ1) is 25.7. The zero-order valence-corrected chi connectivity index (χ0v) is 17.6. The van der Waals surface area contributed by atoms with E-state index in [2.05, 4.69) is 9.47 Å². The molecule has 0 aliphatic rings. The lowest BCUT2D eigenvalue weighted by molar-refractivity contribution is -0.386. The van der Waals surface area contributed by atoms with Crippen molar-refractivity contribution < 1.29 is 51.4 Å². The summed E-state index contributed by atoms with van der Waals surface area (Å²) in [7, 11) is 2.11. The van der Waals surface area contributed by atoms with Crippen LogP contribution in [0.1, 0.15) is 5.56 Å². The second-order valence-electron chi connectivity index (χ2n) is 6.00. The molecular weight excluding hydrogens is 479 g/mol. The molecule has 0 saturated heterocycles. The monoisotopic (exact) mass is 493 g/mol. The molecule has 0 aliphatic heterocycles. The third-order valence-electron chi connectivity index (χ3n) is 3.82. The predicted molar refractivity (Wildman–Crippen MR) is 104 cm³/mol. The van der Waals surface area contributed by atoms with E-state index in [1.54, 1.807) is 0 Å². The van der Waals surface area contributed by atoms with Crippen LogP contribution in [0.25, 0.3) is 0 Å². The lowest BCUT2D eigenvalue weighted by Gasteiger charge is -2.17. The molecule has 0 radical (unpaired) electrons. The number of nitro benzene ring substituents is 1. The number of benzene rings is 2. The molecule has 1 atom stereocenters. The number of nitro groups is 1. The summed E-state index contributed by atoms with van der Waals surface area (Å²) in [5.41, 5.74) is -1.59. The number of alkyl halides is 3. The SMILES string of the molecule is COC(=O)COC(=O)C(OC)Oc1cc(Oc2ccc(C(F)(F)F)cc2Cl)ccc1[N+](=O)[O-]. The molecule has 1 unspecified atom stereocenters. The average Bonchev–Trinajstić information content (AvgIpc) is 2.76. The van der Waals surface area contributed by atoms with E-state index in [0.29, 0.717) is 6.07 Å². The molecule has 10 nitrogen and oxygen atoms in total. The van der Waals surface area contributed by atoms with Crippen LogP contribution in [0.2, 0.25) is 5.02 Å². The van der Waals surface area contributed by atoms with Crippen molar-refractivity contribution in [3.8, 4) is 17.2 Å². The minimum Gasteiger partial charge on any atom is -0.466 e. The summed E-state index contributed by atoms with van der Waals surface area (Å²) in [6.45, 7) is -0.754. The molecule has 0 N–H and O–H groups in total. The van der Waals surface area contributed by atoms with Crippen molar-refractivity contribution in [1.29, 1.82) is 0 Å². The van der Waals surface area contributed by atoms with Gasteiger partial charge >= 0.3 is 23.8 Å². The highest BCUT2D eigenvalue weighted by Gasteiger charge is 2.31. The number of halogens is 4. The molecule has 2 rings (SSSR count). The summed E-state index contributed by atoms with van der Waals surface area (Å²) in [6, 6.07) is 5.45. The van der Waals surface area contributed by atoms with Gasteiger partial charge in [-0.25, -0.2) is 9.59 Å². The Labute approximate surface area is 188 Å². The van der Waals surface area contributed by atoms with Crippen molar-refractivity contribution in [2.45, 2.75) is 12.5 Å². The summed E-state index contributed by atoms with van der Waals surface area (Å²) in [5, 5.41) is 10.9. The van der Waals surface area contributed by atoms with E-state index in [9.17, 15) is 32.9 Å². The Morgan fingerprint density at radius 1 is 1.12 bits per heavy atom. The van der Waals surface area contributed by atoms with Gasteiger partial charge in [0, 0.05) is 19.2 Å². The van der Waals surface area contributed by atoms with Gasteiger partial charge in [0.05, 0.1) is 22.6 Å². The Bertz CT molecular complexity index is 1050. The van der Waals surface area contributed by atoms with Crippen LogP contribution >= 0.6 is 11.6 Å². The first-order chi connectivity index (χ1) is 15.5. The van der Waals surface area contributed by atoms with Crippen molar-refractivity contribution >= 4 is 29.2 Å². The van der Waals surface area contributed by atoms with E-state index < -0.39 is 52.9 Å². The number of carbonyl (C=O) groups excluding carboxylic acids is 2. The summed E-state index contributed by atoms with van der Waals surface area (Å²) in [4.78, 5) is 33.6. The van der Waals surface area contributed by atoms with Crippen LogP contribution in [0, 0.1) is 10.1 Å². The molecule has 2 aromatic rings. The van der Waals surface area contributed by atoms with Crippen LogP contribution in [0.3, 0.4) is 0 Å². The van der Waals surface area contributed by atoms with Crippen LogP contribution in [0.4, 0.5) is 18.9 Å². The lowest BCUT2D eigenvalue weighted by atomic mass is 10.2. The fraction of sp³-hybridized carbons (Fsp3) is 0.263. The molecule has 0 aromatic heterocycles. The maximum Gasteiger partial charge on any atom is 0.416 e. The predicted octanol–water partition coefficient (Wildman–Crippen LogP) is 4.13. The Kier molecular flexibility index (Phi) is 8.43. The van der Waals surface area contributed by atoms with Gasteiger partial charge in [-0.05, 0) is 24.3 Å². The Balaban J connectivity index is 2.28. The van der Waals surface area contributed by atoms with Gasteiger partial charge in [0.15, 0.2) is 6.61 Å². The number of ether oxygens (including phenoxy) is 5. The van der Waals surface area contributed by atoms with Crippen molar-refractivity contribution in [2.75, 3.05) is 20.8 Å². The van der Waals surface area contributed by atoms with Crippen LogP contribution in [-0.4, -0.2) is 44.0 Å². The summed E-state index contributed by atoms with van der Waals surface area (Å²) < 4.78 is 62.7. The molecule has 0 heterocycles. The van der Waals surface area contributed by atoms with Crippen LogP contribution in [0.15, 0.2) is 36.4 Å². The third kappa shape index (κ3) is 6.95. The molecule has 0 amide bonds. The van der Waals surface area contributed by atoms with Crippen molar-refractivity contribution in [2.24, 2.45) is 0 Å². The van der Waals surface area contributed by atoms with E-state index in [4.69, 9.17) is 25.8 Å². The number of nitrogens with zero attached hydrogens (tertiary/aromatic N) is 1. The first-order valence-corrected chi connectivity index (χ1v) is 9.10. The quantitative estimate of drug-likeness (QED) is 0.219. The summed E-state index contributed by atoms with van der Waals surface area (Å²) in [6.07, 6.45) is -6.42. The molecule has 0 fully saturated rings. The van der Waals surface area contributed by atoms with Gasteiger partial charge in [0.2, 0.25) is 5.75 Å². The zero-order chi connectivity index (χ0) is 24.8. The lowest BCUT2D eigenvalue weighted by Crippen LogP contribution is -2.32. The summed E-state index contributed by atoms with van der Waals surface area (Å²) >= 11 is 5.84. The molecule has 0 spiro atoms. The fourth-order valence-corrected chi connectivity index (χ4v) is 2.47. The minimum absolute atomic E-state index is 0.116. The second kappa shape index (κ2) is 10.8. The number of hydrogen-bond donors (Lipinski definition) is 0. The molecule has 2 aromatic carbocycles. The minimum atomic E-state index is -4.62. The van der Waals surface area contributed by atoms with E-state index in [1.807, 2.05) is 0 Å². The smallest absolute Gasteiger partial charge is 0.416 e. The van der Waals surface area contributed by atoms with E-state index in [1.165, 1.54) is 0 Å². The van der Waals surface area contributed by atoms with Crippen LogP contribution in [-0.2, 0) is 30.0 Å². The van der Waals surface area contributed by atoms with E-state index >= 15 is 0 Å². The van der Waals surface area contributed by atoms with Crippen molar-refractivity contribution in [1.82, 2.24) is 0 Å². The van der Waals surface area contributed by atoms with Gasteiger partial charge in [-0.15, -0.1) is 0 Å². The van der Waals surface area contributed by atoms with Gasteiger partial charge in [-0.3, -0.25) is 10.1 Å². The standard InChI is InChI=1S/C19H15ClF3NO9/c1-29-16(25)9-31-17(26)18(30-2)33-15-8-11(4-5-13(15)24(27)28)32-14-6-3-10(7-12(14)20)19(21,22)23/h3-8,18H,9H2,1-2H3. The Morgan fingerprint density at radius 3 is 2.36 bits per heavy atom. The summed E-state index contributed by atoms with van der Waals surface area (Å²) in [5.74, 6) is -2.84. The van der Waals surface area contributed by atoms with Gasteiger partial charge in [0.25, 0.3) is 6.29 Å². The third-order valence-corrected chi connectivity index (χ3v) is 4.11. The van der Waals surface area contributed by atoms with Crippen molar-refractivity contribution in [3.63, 3.8) is 0 Å². The Hall–Kier alpha value is -3.58. The molecule has 178 valence electrons. The number of rotatable bonds is 9. The molecule has 0 bridgehead atoms. The number of methoxy groups -OCH3 is 2. The molecule has 0 saturated carbocycles. The normalized spacial score (nSPS) is 11.9. The van der Waals surface area contributed by atoms with Gasteiger partial charge in [-0.2, -0.15) is 13.2 Å². The van der Waals surface area contributed by atoms with Gasteiger partial charge in [0.1, 0.15) is 11.5 Å². The molecule has 33 heavy (non-hydrogen) atoms. The van der Waals surface area contributed by atoms with Crippen LogP contribution in [0.5, 0.6) is 17.2 Å². The Morgan fingerprint density at radius 2 is 1.82 bits per heavy atom. The van der Waals surface area contributed by atoms with Crippen LogP contribution < -0.4 is 9.47 Å². The number of hydrogen-bond acceptors (Lipinski definition) is 9. The van der Waals surface area contributed by atoms with E-state index in [-0.39, 0.29) is 16.5 Å². The average molecular weight is 494 g/mol. The van der Waals surface area contributed by atoms with Gasteiger partial charge < -0.3 is 23.7 Å². The highest BCUT2D eigenvalue weighted by atomic mass is 35.5. The zero-order valence-electron chi connectivity index (χ0n) is 16.9. The maximum atomic E-state index is 12.8.